The van der Waals surface area contributed by atoms with Crippen molar-refractivity contribution in [3.63, 3.8) is 0 Å². The smallest absolute Gasteiger partial charge is 0.314 e. The van der Waals surface area contributed by atoms with Crippen molar-refractivity contribution < 1.29 is 14.3 Å². The van der Waals surface area contributed by atoms with Crippen LogP contribution in [0.5, 0.6) is 5.75 Å². The first kappa shape index (κ1) is 24.7. The minimum absolute atomic E-state index is 0.236. The van der Waals surface area contributed by atoms with Crippen LogP contribution in [0.4, 0.5) is 0 Å². The summed E-state index contributed by atoms with van der Waals surface area (Å²) in [6.45, 7) is 7.82. The van der Waals surface area contributed by atoms with Gasteiger partial charge in [0.05, 0.1) is 30.1 Å². The fourth-order valence-corrected chi connectivity index (χ4v) is 3.26. The molecule has 6 heteroatoms. The van der Waals surface area contributed by atoms with Gasteiger partial charge in [-0.3, -0.25) is 9.78 Å². The van der Waals surface area contributed by atoms with E-state index in [0.717, 1.165) is 33.9 Å². The van der Waals surface area contributed by atoms with Crippen LogP contribution < -0.4 is 4.74 Å². The number of aromatic amines is 1. The summed E-state index contributed by atoms with van der Waals surface area (Å²) in [5.74, 6) is 1.16. The lowest BCUT2D eigenvalue weighted by molar-refractivity contribution is -0.152. The van der Waals surface area contributed by atoms with E-state index >= 15 is 0 Å². The number of rotatable bonds is 7. The minimum Gasteiger partial charge on any atom is -0.492 e. The molecule has 0 atom stereocenters. The monoisotopic (exact) mass is 457 g/mol. The van der Waals surface area contributed by atoms with Gasteiger partial charge >= 0.3 is 5.97 Å². The van der Waals surface area contributed by atoms with Crippen molar-refractivity contribution in [2.45, 2.75) is 27.7 Å². The van der Waals surface area contributed by atoms with Gasteiger partial charge in [0, 0.05) is 17.3 Å². The fraction of sp³-hybridized carbons (Fsp3) is 0.250. The van der Waals surface area contributed by atoms with Gasteiger partial charge in [0.25, 0.3) is 0 Å². The molecule has 2 aromatic carbocycles. The average molecular weight is 458 g/mol. The van der Waals surface area contributed by atoms with Gasteiger partial charge in [-0.1, -0.05) is 44.2 Å². The van der Waals surface area contributed by atoms with E-state index in [1.807, 2.05) is 93.0 Å². The highest BCUT2D eigenvalue weighted by Crippen LogP contribution is 2.26. The number of H-pyrrole nitrogens is 1. The van der Waals surface area contributed by atoms with E-state index in [4.69, 9.17) is 9.47 Å². The van der Waals surface area contributed by atoms with Crippen molar-refractivity contribution in [3.8, 4) is 39.7 Å². The molecule has 6 nitrogen and oxygen atoms in total. The summed E-state index contributed by atoms with van der Waals surface area (Å²) in [4.78, 5) is 24.2. The number of imidazole rings is 1. The first-order valence-electron chi connectivity index (χ1n) is 11.3. The maximum absolute atomic E-state index is 11.8. The highest BCUT2D eigenvalue weighted by molar-refractivity contribution is 5.76. The Morgan fingerprint density at radius 2 is 1.53 bits per heavy atom. The molecule has 1 N–H and O–H groups in total. The standard InChI is InChI=1S/C26H25N3O3.C2H6/c1-26(2,25(30)31-3)17-32-21-12-9-19(10-13-21)22-14-11-20(15-27-22)24-28-16-23(29-24)18-7-5-4-6-8-18;1-2/h4-16H,17H2,1-3H3,(H,28,29);1-2H3. The summed E-state index contributed by atoms with van der Waals surface area (Å²) in [5.41, 5.74) is 4.09. The molecule has 0 unspecified atom stereocenters. The minimum atomic E-state index is -0.711. The van der Waals surface area contributed by atoms with E-state index < -0.39 is 5.41 Å². The third-order valence-corrected chi connectivity index (χ3v) is 5.19. The number of esters is 1. The Labute approximate surface area is 201 Å². The first-order valence-corrected chi connectivity index (χ1v) is 11.3. The van der Waals surface area contributed by atoms with Crippen molar-refractivity contribution in [2.75, 3.05) is 13.7 Å². The molecule has 176 valence electrons. The molecule has 0 aliphatic heterocycles. The van der Waals surface area contributed by atoms with Gasteiger partial charge in [-0.25, -0.2) is 4.98 Å². The predicted octanol–water partition coefficient (Wildman–Crippen LogP) is 6.41. The summed E-state index contributed by atoms with van der Waals surface area (Å²) < 4.78 is 10.6. The highest BCUT2D eigenvalue weighted by Gasteiger charge is 2.29. The number of carbonyl (C=O) groups is 1. The maximum atomic E-state index is 11.8. The molecule has 0 spiro atoms. The largest absolute Gasteiger partial charge is 0.492 e. The van der Waals surface area contributed by atoms with Crippen molar-refractivity contribution >= 4 is 5.97 Å². The molecule has 0 bridgehead atoms. The number of aromatic nitrogens is 3. The van der Waals surface area contributed by atoms with E-state index in [-0.39, 0.29) is 12.6 Å². The topological polar surface area (TPSA) is 77.1 Å². The molecule has 0 saturated carbocycles. The Bertz CT molecular complexity index is 1180. The Morgan fingerprint density at radius 3 is 2.15 bits per heavy atom. The zero-order valence-electron chi connectivity index (χ0n) is 20.3. The van der Waals surface area contributed by atoms with Crippen molar-refractivity contribution in [2.24, 2.45) is 5.41 Å². The summed E-state index contributed by atoms with van der Waals surface area (Å²) in [6, 6.07) is 21.7. The third kappa shape index (κ3) is 5.90. The second-order valence-corrected chi connectivity index (χ2v) is 8.13. The van der Waals surface area contributed by atoms with Crippen LogP contribution in [0, 0.1) is 5.41 Å². The SMILES string of the molecule is CC.COC(=O)C(C)(C)COc1ccc(-c2ccc(-c3ncc(-c4ccccc4)[nH]3)cn2)cc1. The molecule has 0 radical (unpaired) electrons. The van der Waals surface area contributed by atoms with Crippen molar-refractivity contribution in [1.82, 2.24) is 15.0 Å². The number of hydrogen-bond donors (Lipinski definition) is 1. The molecule has 4 rings (SSSR count). The predicted molar refractivity (Wildman–Crippen MR) is 135 cm³/mol. The van der Waals surface area contributed by atoms with E-state index in [1.165, 1.54) is 7.11 Å². The average Bonchev–Trinajstić information content (AvgIpc) is 3.40. The van der Waals surface area contributed by atoms with Gasteiger partial charge < -0.3 is 14.5 Å². The number of carbonyl (C=O) groups excluding carboxylic acids is 1. The molecule has 4 aromatic rings. The molecule has 0 aliphatic carbocycles. The van der Waals surface area contributed by atoms with Gasteiger partial charge in [-0.05, 0) is 55.8 Å². The van der Waals surface area contributed by atoms with Gasteiger partial charge in [-0.15, -0.1) is 0 Å². The van der Waals surface area contributed by atoms with Crippen LogP contribution in [-0.2, 0) is 9.53 Å². The lowest BCUT2D eigenvalue weighted by Gasteiger charge is -2.21. The molecule has 2 aromatic heterocycles. The molecular formula is C28H31N3O3. The fourth-order valence-electron chi connectivity index (χ4n) is 3.26. The molecule has 0 saturated heterocycles. The van der Waals surface area contributed by atoms with Crippen molar-refractivity contribution in [3.05, 3.63) is 79.1 Å². The first-order chi connectivity index (χ1) is 16.5. The van der Waals surface area contributed by atoms with Gasteiger partial charge in [-0.2, -0.15) is 0 Å². The highest BCUT2D eigenvalue weighted by atomic mass is 16.5. The quantitative estimate of drug-likeness (QED) is 0.325. The Kier molecular flexibility index (Phi) is 8.19. The van der Waals surface area contributed by atoms with Crippen LogP contribution in [-0.4, -0.2) is 34.6 Å². The number of benzene rings is 2. The zero-order chi connectivity index (χ0) is 24.6. The van der Waals surface area contributed by atoms with Crippen LogP contribution in [0.3, 0.4) is 0 Å². The lowest BCUT2D eigenvalue weighted by atomic mass is 9.95. The summed E-state index contributed by atoms with van der Waals surface area (Å²) in [7, 11) is 1.38. The molecule has 2 heterocycles. The van der Waals surface area contributed by atoms with Gasteiger partial charge in [0.1, 0.15) is 18.2 Å². The van der Waals surface area contributed by atoms with Gasteiger partial charge in [0.15, 0.2) is 0 Å². The van der Waals surface area contributed by atoms with Crippen LogP contribution in [0.25, 0.3) is 33.9 Å². The van der Waals surface area contributed by atoms with Crippen LogP contribution in [0.2, 0.25) is 0 Å². The van der Waals surface area contributed by atoms with E-state index in [1.54, 1.807) is 13.8 Å². The summed E-state index contributed by atoms with van der Waals surface area (Å²) in [6.07, 6.45) is 3.64. The molecule has 34 heavy (non-hydrogen) atoms. The normalized spacial score (nSPS) is 10.7. The number of nitrogens with zero attached hydrogens (tertiary/aromatic N) is 2. The Balaban J connectivity index is 0.00000158. The van der Waals surface area contributed by atoms with Crippen LogP contribution in [0.1, 0.15) is 27.7 Å². The van der Waals surface area contributed by atoms with Gasteiger partial charge in [0.2, 0.25) is 0 Å². The number of methoxy groups -OCH3 is 1. The van der Waals surface area contributed by atoms with E-state index in [2.05, 4.69) is 15.0 Å². The van der Waals surface area contributed by atoms with E-state index in [9.17, 15) is 4.79 Å². The third-order valence-electron chi connectivity index (χ3n) is 5.19. The van der Waals surface area contributed by atoms with Crippen molar-refractivity contribution in [1.29, 1.82) is 0 Å². The molecular weight excluding hydrogens is 426 g/mol. The zero-order valence-corrected chi connectivity index (χ0v) is 20.3. The number of hydrogen-bond acceptors (Lipinski definition) is 5. The molecule has 0 amide bonds. The number of ether oxygens (including phenoxy) is 2. The molecule has 0 fully saturated rings. The second kappa shape index (κ2) is 11.3. The second-order valence-electron chi connectivity index (χ2n) is 8.13. The summed E-state index contributed by atoms with van der Waals surface area (Å²) in [5, 5.41) is 0. The lowest BCUT2D eigenvalue weighted by Crippen LogP contribution is -2.32. The Morgan fingerprint density at radius 1 is 0.853 bits per heavy atom. The number of nitrogens with one attached hydrogen (secondary N) is 1. The van der Waals surface area contributed by atoms with Crippen LogP contribution >= 0.6 is 0 Å². The van der Waals surface area contributed by atoms with Crippen LogP contribution in [0.15, 0.2) is 79.1 Å². The maximum Gasteiger partial charge on any atom is 0.314 e. The molecule has 0 aliphatic rings. The number of pyridine rings is 1. The van der Waals surface area contributed by atoms with E-state index in [0.29, 0.717) is 5.75 Å². The Hall–Kier alpha value is -3.93. The summed E-state index contributed by atoms with van der Waals surface area (Å²) >= 11 is 0.